The number of ether oxygens (including phenoxy) is 1. The lowest BCUT2D eigenvalue weighted by molar-refractivity contribution is 0.117. The molecule has 1 aromatic carbocycles. The second-order valence-corrected chi connectivity index (χ2v) is 4.18. The molecule has 0 aliphatic heterocycles. The number of allylic oxidation sites excluding steroid dienone is 1. The third-order valence-corrected chi connectivity index (χ3v) is 2.59. The van der Waals surface area contributed by atoms with Crippen molar-refractivity contribution in [3.63, 3.8) is 0 Å². The van der Waals surface area contributed by atoms with Crippen LogP contribution in [0.3, 0.4) is 0 Å². The minimum atomic E-state index is 0.738. The Balaban J connectivity index is 2.02. The molecular weight excluding hydrogens is 196 g/mol. The van der Waals surface area contributed by atoms with Crippen molar-refractivity contribution in [3.8, 4) is 0 Å². The summed E-state index contributed by atoms with van der Waals surface area (Å²) in [4.78, 5) is 0. The highest BCUT2D eigenvalue weighted by molar-refractivity contribution is 5.20. The molecule has 88 valence electrons. The quantitative estimate of drug-likeness (QED) is 0.468. The second kappa shape index (κ2) is 8.12. The number of hydrogen-bond acceptors (Lipinski definition) is 1. The molecule has 0 heterocycles. The van der Waals surface area contributed by atoms with Crippen molar-refractivity contribution in [2.24, 2.45) is 0 Å². The number of benzene rings is 1. The van der Waals surface area contributed by atoms with Crippen molar-refractivity contribution in [2.45, 2.75) is 39.2 Å². The number of aryl methyl sites for hydroxylation is 1. The van der Waals surface area contributed by atoms with Crippen LogP contribution in [0.25, 0.3) is 0 Å². The van der Waals surface area contributed by atoms with E-state index in [1.807, 2.05) is 6.08 Å². The second-order valence-electron chi connectivity index (χ2n) is 4.18. The Kier molecular flexibility index (Phi) is 6.59. The van der Waals surface area contributed by atoms with Gasteiger partial charge in [0.2, 0.25) is 0 Å². The van der Waals surface area contributed by atoms with E-state index in [2.05, 4.69) is 37.8 Å². The lowest BCUT2D eigenvalue weighted by Crippen LogP contribution is -1.95. The lowest BCUT2D eigenvalue weighted by Gasteiger charge is -2.04. The van der Waals surface area contributed by atoms with E-state index in [-0.39, 0.29) is 0 Å². The van der Waals surface area contributed by atoms with Gasteiger partial charge < -0.3 is 4.74 Å². The Morgan fingerprint density at radius 3 is 2.56 bits per heavy atom. The topological polar surface area (TPSA) is 9.23 Å². The molecule has 1 aromatic rings. The Bertz CT molecular complexity index is 287. The van der Waals surface area contributed by atoms with E-state index in [0.717, 1.165) is 26.1 Å². The third kappa shape index (κ3) is 5.72. The smallest absolute Gasteiger partial charge is 0.0716 e. The summed E-state index contributed by atoms with van der Waals surface area (Å²) in [5, 5.41) is 0. The first-order valence-electron chi connectivity index (χ1n) is 6.07. The molecule has 0 bridgehead atoms. The van der Waals surface area contributed by atoms with E-state index in [1.165, 1.54) is 24.0 Å². The van der Waals surface area contributed by atoms with Crippen molar-refractivity contribution < 1.29 is 4.74 Å². The van der Waals surface area contributed by atoms with Gasteiger partial charge in [0, 0.05) is 6.61 Å². The van der Waals surface area contributed by atoms with Crippen molar-refractivity contribution in [3.05, 3.63) is 48.0 Å². The molecule has 0 radical (unpaired) electrons. The van der Waals surface area contributed by atoms with Gasteiger partial charge in [-0.3, -0.25) is 0 Å². The normalized spacial score (nSPS) is 10.3. The highest BCUT2D eigenvalue weighted by Gasteiger charge is 1.93. The first-order valence-corrected chi connectivity index (χ1v) is 6.07. The summed E-state index contributed by atoms with van der Waals surface area (Å²) in [5.74, 6) is 0. The molecular formula is C15H22O. The van der Waals surface area contributed by atoms with Crippen LogP contribution in [0.5, 0.6) is 0 Å². The zero-order chi connectivity index (χ0) is 11.6. The predicted molar refractivity (Wildman–Crippen MR) is 69.5 cm³/mol. The average molecular weight is 218 g/mol. The molecule has 0 saturated heterocycles. The van der Waals surface area contributed by atoms with Crippen molar-refractivity contribution in [1.82, 2.24) is 0 Å². The summed E-state index contributed by atoms with van der Waals surface area (Å²) in [7, 11) is 0. The fourth-order valence-electron chi connectivity index (χ4n) is 1.54. The van der Waals surface area contributed by atoms with Crippen LogP contribution in [0.2, 0.25) is 0 Å². The van der Waals surface area contributed by atoms with Crippen molar-refractivity contribution in [2.75, 3.05) is 6.61 Å². The van der Waals surface area contributed by atoms with Gasteiger partial charge in [0.15, 0.2) is 0 Å². The number of rotatable bonds is 8. The molecule has 0 saturated carbocycles. The molecule has 0 N–H and O–H groups in total. The fourth-order valence-corrected chi connectivity index (χ4v) is 1.54. The van der Waals surface area contributed by atoms with Crippen molar-refractivity contribution >= 4 is 0 Å². The molecule has 0 unspecified atom stereocenters. The molecule has 0 aromatic heterocycles. The van der Waals surface area contributed by atoms with E-state index in [0.29, 0.717) is 0 Å². The van der Waals surface area contributed by atoms with Crippen LogP contribution in [0, 0.1) is 6.92 Å². The number of hydrogen-bond donors (Lipinski definition) is 0. The zero-order valence-electron chi connectivity index (χ0n) is 10.2. The molecule has 16 heavy (non-hydrogen) atoms. The molecule has 0 fully saturated rings. The van der Waals surface area contributed by atoms with Gasteiger partial charge in [0.05, 0.1) is 6.61 Å². The van der Waals surface area contributed by atoms with Crippen LogP contribution in [-0.4, -0.2) is 6.61 Å². The van der Waals surface area contributed by atoms with Crippen LogP contribution in [-0.2, 0) is 11.3 Å². The van der Waals surface area contributed by atoms with Crippen molar-refractivity contribution in [1.29, 1.82) is 0 Å². The average Bonchev–Trinajstić information content (AvgIpc) is 2.30. The molecule has 1 rings (SSSR count). The Labute approximate surface area is 99.1 Å². The summed E-state index contributed by atoms with van der Waals surface area (Å²) in [6, 6.07) is 8.52. The van der Waals surface area contributed by atoms with E-state index < -0.39 is 0 Å². The summed E-state index contributed by atoms with van der Waals surface area (Å²) < 4.78 is 5.61. The summed E-state index contributed by atoms with van der Waals surface area (Å²) in [6.07, 6.45) is 6.72. The van der Waals surface area contributed by atoms with Gasteiger partial charge in [-0.05, 0) is 31.7 Å². The van der Waals surface area contributed by atoms with E-state index >= 15 is 0 Å². The Hall–Kier alpha value is -1.08. The monoisotopic (exact) mass is 218 g/mol. The zero-order valence-corrected chi connectivity index (χ0v) is 10.2. The minimum Gasteiger partial charge on any atom is -0.377 e. The van der Waals surface area contributed by atoms with Gasteiger partial charge in [-0.15, -0.1) is 6.58 Å². The standard InChI is InChI=1S/C15H22O/c1-3-4-5-6-7-12-16-13-15-10-8-14(2)9-11-15/h3,8-11H,1,4-7,12-13H2,2H3. The SMILES string of the molecule is C=CCCCCCOCc1ccc(C)cc1. The third-order valence-electron chi connectivity index (χ3n) is 2.59. The molecule has 1 nitrogen and oxygen atoms in total. The summed E-state index contributed by atoms with van der Waals surface area (Å²) in [6.45, 7) is 7.42. The van der Waals surface area contributed by atoms with E-state index in [1.54, 1.807) is 0 Å². The van der Waals surface area contributed by atoms with Gasteiger partial charge in [0.1, 0.15) is 0 Å². The number of unbranched alkanes of at least 4 members (excludes halogenated alkanes) is 3. The van der Waals surface area contributed by atoms with Crippen LogP contribution in [0.4, 0.5) is 0 Å². The van der Waals surface area contributed by atoms with E-state index in [9.17, 15) is 0 Å². The van der Waals surface area contributed by atoms with Crippen LogP contribution < -0.4 is 0 Å². The van der Waals surface area contributed by atoms with Crippen LogP contribution in [0.1, 0.15) is 36.8 Å². The predicted octanol–water partition coefficient (Wildman–Crippen LogP) is 4.26. The molecule has 0 spiro atoms. The van der Waals surface area contributed by atoms with Gasteiger partial charge >= 0.3 is 0 Å². The van der Waals surface area contributed by atoms with Crippen LogP contribution >= 0.6 is 0 Å². The highest BCUT2D eigenvalue weighted by atomic mass is 16.5. The first kappa shape index (κ1) is 13.0. The largest absolute Gasteiger partial charge is 0.377 e. The summed E-state index contributed by atoms with van der Waals surface area (Å²) in [5.41, 5.74) is 2.56. The van der Waals surface area contributed by atoms with Crippen LogP contribution in [0.15, 0.2) is 36.9 Å². The molecule has 0 aliphatic rings. The highest BCUT2D eigenvalue weighted by Crippen LogP contribution is 2.06. The Morgan fingerprint density at radius 2 is 1.88 bits per heavy atom. The molecule has 0 aliphatic carbocycles. The minimum absolute atomic E-state index is 0.738. The maximum absolute atomic E-state index is 5.61. The molecule has 0 atom stereocenters. The first-order chi connectivity index (χ1) is 7.83. The molecule has 1 heteroatoms. The Morgan fingerprint density at radius 1 is 1.12 bits per heavy atom. The van der Waals surface area contributed by atoms with Gasteiger partial charge in [-0.1, -0.05) is 42.3 Å². The van der Waals surface area contributed by atoms with Gasteiger partial charge in [-0.2, -0.15) is 0 Å². The van der Waals surface area contributed by atoms with Gasteiger partial charge in [-0.25, -0.2) is 0 Å². The maximum atomic E-state index is 5.61. The molecule has 0 amide bonds. The summed E-state index contributed by atoms with van der Waals surface area (Å²) >= 11 is 0. The maximum Gasteiger partial charge on any atom is 0.0716 e. The van der Waals surface area contributed by atoms with E-state index in [4.69, 9.17) is 4.74 Å². The fraction of sp³-hybridized carbons (Fsp3) is 0.467. The lowest BCUT2D eigenvalue weighted by atomic mass is 10.2. The van der Waals surface area contributed by atoms with Gasteiger partial charge in [0.25, 0.3) is 0 Å².